The maximum absolute atomic E-state index is 11.6. The molecule has 1 aromatic carbocycles. The lowest BCUT2D eigenvalue weighted by atomic mass is 10.0. The molecule has 1 aliphatic carbocycles. The van der Waals surface area contributed by atoms with Gasteiger partial charge in [0.1, 0.15) is 17.5 Å². The first-order valence-electron chi connectivity index (χ1n) is 6.25. The van der Waals surface area contributed by atoms with Gasteiger partial charge in [-0.25, -0.2) is 0 Å². The van der Waals surface area contributed by atoms with Crippen molar-refractivity contribution in [1.29, 1.82) is 0 Å². The summed E-state index contributed by atoms with van der Waals surface area (Å²) in [6, 6.07) is 4.87. The maximum atomic E-state index is 11.6. The molecule has 2 rings (SSSR count). The van der Waals surface area contributed by atoms with Crippen molar-refractivity contribution in [3.63, 3.8) is 0 Å². The molecule has 0 amide bonds. The standard InChI is InChI=1S/C14H19NO4/c1-15(9-4-5-9)13(14(16)17)11-8-10(18-2)6-7-12(11)19-3/h6-9,13H,4-5H2,1-3H3,(H,16,17). The molecule has 0 spiro atoms. The number of nitrogens with zero attached hydrogens (tertiary/aromatic N) is 1. The Bertz CT molecular complexity index is 471. The number of hydrogen-bond acceptors (Lipinski definition) is 4. The SMILES string of the molecule is COc1ccc(OC)c(C(C(=O)O)N(C)C2CC2)c1. The van der Waals surface area contributed by atoms with Gasteiger partial charge in [0.05, 0.1) is 14.2 Å². The third-order valence-electron chi connectivity index (χ3n) is 3.50. The highest BCUT2D eigenvalue weighted by Crippen LogP contribution is 2.37. The molecule has 0 aliphatic heterocycles. The summed E-state index contributed by atoms with van der Waals surface area (Å²) >= 11 is 0. The molecule has 0 heterocycles. The fourth-order valence-electron chi connectivity index (χ4n) is 2.27. The molecule has 1 N–H and O–H groups in total. The molecular weight excluding hydrogens is 246 g/mol. The van der Waals surface area contributed by atoms with E-state index in [2.05, 4.69) is 0 Å². The minimum Gasteiger partial charge on any atom is -0.497 e. The summed E-state index contributed by atoms with van der Waals surface area (Å²) < 4.78 is 10.5. The predicted octanol–water partition coefficient (Wildman–Crippen LogP) is 1.92. The average molecular weight is 265 g/mol. The number of hydrogen-bond donors (Lipinski definition) is 1. The van der Waals surface area contributed by atoms with Gasteiger partial charge in [-0.05, 0) is 38.1 Å². The molecule has 1 aromatic rings. The number of likely N-dealkylation sites (N-methyl/N-ethyl adjacent to an activating group) is 1. The lowest BCUT2D eigenvalue weighted by Crippen LogP contribution is -2.32. The lowest BCUT2D eigenvalue weighted by molar-refractivity contribution is -0.143. The molecule has 1 aliphatic rings. The van der Waals surface area contributed by atoms with Crippen LogP contribution in [-0.2, 0) is 4.79 Å². The van der Waals surface area contributed by atoms with Crippen molar-refractivity contribution in [1.82, 2.24) is 4.90 Å². The zero-order valence-corrected chi connectivity index (χ0v) is 11.4. The first-order valence-corrected chi connectivity index (χ1v) is 6.25. The molecule has 1 fully saturated rings. The maximum Gasteiger partial charge on any atom is 0.325 e. The van der Waals surface area contributed by atoms with Crippen LogP contribution in [0.1, 0.15) is 24.4 Å². The Kier molecular flexibility index (Phi) is 3.95. The van der Waals surface area contributed by atoms with Crippen LogP contribution in [0.15, 0.2) is 18.2 Å². The second kappa shape index (κ2) is 5.48. The third kappa shape index (κ3) is 2.81. The molecule has 1 atom stereocenters. The molecule has 104 valence electrons. The predicted molar refractivity (Wildman–Crippen MR) is 70.7 cm³/mol. The van der Waals surface area contributed by atoms with Crippen LogP contribution in [0.3, 0.4) is 0 Å². The largest absolute Gasteiger partial charge is 0.497 e. The second-order valence-corrected chi connectivity index (χ2v) is 4.75. The molecule has 0 aromatic heterocycles. The van der Waals surface area contributed by atoms with Crippen LogP contribution < -0.4 is 9.47 Å². The van der Waals surface area contributed by atoms with E-state index in [1.54, 1.807) is 32.4 Å². The number of ether oxygens (including phenoxy) is 2. The van der Waals surface area contributed by atoms with E-state index in [1.165, 1.54) is 0 Å². The highest BCUT2D eigenvalue weighted by Gasteiger charge is 2.37. The molecule has 5 heteroatoms. The van der Waals surface area contributed by atoms with Crippen molar-refractivity contribution in [2.45, 2.75) is 24.9 Å². The van der Waals surface area contributed by atoms with E-state index in [-0.39, 0.29) is 0 Å². The summed E-state index contributed by atoms with van der Waals surface area (Å²) in [5, 5.41) is 9.52. The summed E-state index contributed by atoms with van der Waals surface area (Å²) in [6.45, 7) is 0. The van der Waals surface area contributed by atoms with E-state index >= 15 is 0 Å². The first kappa shape index (κ1) is 13.7. The van der Waals surface area contributed by atoms with E-state index in [0.29, 0.717) is 23.1 Å². The van der Waals surface area contributed by atoms with Gasteiger partial charge in [-0.2, -0.15) is 0 Å². The van der Waals surface area contributed by atoms with Gasteiger partial charge in [-0.15, -0.1) is 0 Å². The van der Waals surface area contributed by atoms with Gasteiger partial charge in [0.15, 0.2) is 0 Å². The van der Waals surface area contributed by atoms with Crippen LogP contribution in [0.25, 0.3) is 0 Å². The van der Waals surface area contributed by atoms with Crippen LogP contribution >= 0.6 is 0 Å². The molecule has 1 unspecified atom stereocenters. The normalized spacial score (nSPS) is 16.2. The van der Waals surface area contributed by atoms with Crippen LogP contribution in [0, 0.1) is 0 Å². The topological polar surface area (TPSA) is 59.0 Å². The third-order valence-corrected chi connectivity index (χ3v) is 3.50. The molecule has 0 bridgehead atoms. The minimum atomic E-state index is -0.874. The number of carboxylic acid groups (broad SMARTS) is 1. The van der Waals surface area contributed by atoms with Crippen LogP contribution in [0.4, 0.5) is 0 Å². The Morgan fingerprint density at radius 3 is 2.53 bits per heavy atom. The van der Waals surface area contributed by atoms with Gasteiger partial charge in [-0.1, -0.05) is 0 Å². The van der Waals surface area contributed by atoms with Crippen molar-refractivity contribution in [2.24, 2.45) is 0 Å². The van der Waals surface area contributed by atoms with Crippen molar-refractivity contribution in [3.05, 3.63) is 23.8 Å². The summed E-state index contributed by atoms with van der Waals surface area (Å²) in [6.07, 6.45) is 2.10. The van der Waals surface area contributed by atoms with Gasteiger partial charge in [0.25, 0.3) is 0 Å². The lowest BCUT2D eigenvalue weighted by Gasteiger charge is -2.26. The van der Waals surface area contributed by atoms with E-state index in [0.717, 1.165) is 12.8 Å². The Morgan fingerprint density at radius 1 is 1.37 bits per heavy atom. The van der Waals surface area contributed by atoms with Crippen LogP contribution in [0.5, 0.6) is 11.5 Å². The van der Waals surface area contributed by atoms with Gasteiger partial charge >= 0.3 is 5.97 Å². The van der Waals surface area contributed by atoms with E-state index < -0.39 is 12.0 Å². The Morgan fingerprint density at radius 2 is 2.05 bits per heavy atom. The second-order valence-electron chi connectivity index (χ2n) is 4.75. The van der Waals surface area contributed by atoms with Gasteiger partial charge in [-0.3, -0.25) is 9.69 Å². The van der Waals surface area contributed by atoms with Gasteiger partial charge < -0.3 is 14.6 Å². The first-order chi connectivity index (χ1) is 9.08. The van der Waals surface area contributed by atoms with E-state index in [1.807, 2.05) is 11.9 Å². The summed E-state index contributed by atoms with van der Waals surface area (Å²) in [5.74, 6) is 0.327. The Labute approximate surface area is 112 Å². The Balaban J connectivity index is 2.41. The molecule has 1 saturated carbocycles. The van der Waals surface area contributed by atoms with Crippen molar-refractivity contribution < 1.29 is 19.4 Å². The Hall–Kier alpha value is -1.75. The van der Waals surface area contributed by atoms with Gasteiger partial charge in [0.2, 0.25) is 0 Å². The summed E-state index contributed by atoms with van der Waals surface area (Å²) in [7, 11) is 4.95. The molecule has 19 heavy (non-hydrogen) atoms. The number of benzene rings is 1. The zero-order chi connectivity index (χ0) is 14.0. The highest BCUT2D eigenvalue weighted by molar-refractivity contribution is 5.77. The molecule has 0 saturated heterocycles. The fourth-order valence-corrected chi connectivity index (χ4v) is 2.27. The van der Waals surface area contributed by atoms with Crippen molar-refractivity contribution in [2.75, 3.05) is 21.3 Å². The monoisotopic (exact) mass is 265 g/mol. The van der Waals surface area contributed by atoms with Crippen molar-refractivity contribution in [3.8, 4) is 11.5 Å². The molecule has 0 radical (unpaired) electrons. The number of carboxylic acids is 1. The zero-order valence-electron chi connectivity index (χ0n) is 11.4. The quantitative estimate of drug-likeness (QED) is 0.851. The molecule has 5 nitrogen and oxygen atoms in total. The molecular formula is C14H19NO4. The fraction of sp³-hybridized carbons (Fsp3) is 0.500. The van der Waals surface area contributed by atoms with E-state index in [4.69, 9.17) is 9.47 Å². The van der Waals surface area contributed by atoms with Crippen molar-refractivity contribution >= 4 is 5.97 Å². The highest BCUT2D eigenvalue weighted by atomic mass is 16.5. The van der Waals surface area contributed by atoms with E-state index in [9.17, 15) is 9.90 Å². The summed E-state index contributed by atoms with van der Waals surface area (Å²) in [4.78, 5) is 13.5. The summed E-state index contributed by atoms with van der Waals surface area (Å²) in [5.41, 5.74) is 0.628. The average Bonchev–Trinajstić information content (AvgIpc) is 3.22. The number of rotatable bonds is 6. The number of methoxy groups -OCH3 is 2. The van der Waals surface area contributed by atoms with Gasteiger partial charge in [0, 0.05) is 11.6 Å². The number of aliphatic carboxylic acids is 1. The van der Waals surface area contributed by atoms with Crippen LogP contribution in [-0.4, -0.2) is 43.3 Å². The number of carbonyl (C=O) groups is 1. The smallest absolute Gasteiger partial charge is 0.325 e. The minimum absolute atomic E-state index is 0.344. The van der Waals surface area contributed by atoms with Crippen LogP contribution in [0.2, 0.25) is 0 Å².